The van der Waals surface area contributed by atoms with Crippen LogP contribution in [-0.2, 0) is 0 Å². The van der Waals surface area contributed by atoms with E-state index in [4.69, 9.17) is 16.7 Å². The Morgan fingerprint density at radius 1 is 1.30 bits per heavy atom. The Morgan fingerprint density at radius 3 is 2.50 bits per heavy atom. The quantitative estimate of drug-likeness (QED) is 0.889. The standard InChI is InChI=1S/C15H14ClNO2S/c1-9(2)10-3-5-11(6-4-10)20-14-7-12(15(18)19)13(16)8-17-14/h3-9H,1-2H3,(H,18,19). The molecule has 0 spiro atoms. The van der Waals surface area contributed by atoms with Crippen LogP contribution in [0.25, 0.3) is 0 Å². The number of halogens is 1. The minimum Gasteiger partial charge on any atom is -0.478 e. The van der Waals surface area contributed by atoms with Gasteiger partial charge in [0.05, 0.1) is 10.6 Å². The number of carboxylic acid groups (broad SMARTS) is 1. The van der Waals surface area contributed by atoms with Crippen LogP contribution in [0, 0.1) is 0 Å². The van der Waals surface area contributed by atoms with Crippen LogP contribution in [0.2, 0.25) is 5.02 Å². The number of pyridine rings is 1. The first-order chi connectivity index (χ1) is 9.47. The molecule has 1 N–H and O–H groups in total. The van der Waals surface area contributed by atoms with Crippen LogP contribution >= 0.6 is 23.4 Å². The van der Waals surface area contributed by atoms with E-state index in [9.17, 15) is 4.79 Å². The zero-order valence-electron chi connectivity index (χ0n) is 11.1. The number of benzene rings is 1. The maximum absolute atomic E-state index is 11.0. The molecule has 1 heterocycles. The molecule has 0 aliphatic heterocycles. The predicted molar refractivity (Wildman–Crippen MR) is 80.9 cm³/mol. The second-order valence-corrected chi connectivity index (χ2v) is 6.13. The van der Waals surface area contributed by atoms with Crippen LogP contribution in [0.5, 0.6) is 0 Å². The molecule has 0 unspecified atom stereocenters. The van der Waals surface area contributed by atoms with Crippen LogP contribution in [-0.4, -0.2) is 16.1 Å². The highest BCUT2D eigenvalue weighted by Gasteiger charge is 2.11. The first-order valence-corrected chi connectivity index (χ1v) is 7.33. The van der Waals surface area contributed by atoms with E-state index in [2.05, 4.69) is 31.0 Å². The van der Waals surface area contributed by atoms with E-state index in [1.165, 1.54) is 29.6 Å². The lowest BCUT2D eigenvalue weighted by atomic mass is 10.0. The molecule has 1 aromatic heterocycles. The van der Waals surface area contributed by atoms with Gasteiger partial charge in [0.2, 0.25) is 0 Å². The average Bonchev–Trinajstić information content (AvgIpc) is 2.41. The van der Waals surface area contributed by atoms with Crippen LogP contribution < -0.4 is 0 Å². The zero-order chi connectivity index (χ0) is 14.7. The number of hydrogen-bond acceptors (Lipinski definition) is 3. The third-order valence-electron chi connectivity index (χ3n) is 2.83. The van der Waals surface area contributed by atoms with Crippen molar-refractivity contribution in [3.8, 4) is 0 Å². The van der Waals surface area contributed by atoms with Crippen LogP contribution in [0.15, 0.2) is 46.5 Å². The fraction of sp³-hybridized carbons (Fsp3) is 0.200. The summed E-state index contributed by atoms with van der Waals surface area (Å²) in [7, 11) is 0. The second-order valence-electron chi connectivity index (χ2n) is 4.63. The van der Waals surface area contributed by atoms with Crippen molar-refractivity contribution in [2.24, 2.45) is 0 Å². The van der Waals surface area contributed by atoms with Gasteiger partial charge >= 0.3 is 5.97 Å². The van der Waals surface area contributed by atoms with Crippen molar-refractivity contribution in [2.75, 3.05) is 0 Å². The molecule has 0 atom stereocenters. The highest BCUT2D eigenvalue weighted by molar-refractivity contribution is 7.99. The van der Waals surface area contributed by atoms with Crippen molar-refractivity contribution in [1.29, 1.82) is 0 Å². The highest BCUT2D eigenvalue weighted by atomic mass is 35.5. The van der Waals surface area contributed by atoms with Gasteiger partial charge in [-0.05, 0) is 29.7 Å². The third kappa shape index (κ3) is 3.52. The molecule has 0 bridgehead atoms. The summed E-state index contributed by atoms with van der Waals surface area (Å²) >= 11 is 7.21. The van der Waals surface area contributed by atoms with Crippen molar-refractivity contribution in [1.82, 2.24) is 4.98 Å². The molecule has 5 heteroatoms. The Labute approximate surface area is 127 Å². The summed E-state index contributed by atoms with van der Waals surface area (Å²) in [6, 6.07) is 9.65. The normalized spacial score (nSPS) is 10.8. The van der Waals surface area contributed by atoms with Gasteiger partial charge in [-0.3, -0.25) is 0 Å². The zero-order valence-corrected chi connectivity index (χ0v) is 12.7. The van der Waals surface area contributed by atoms with E-state index in [0.29, 0.717) is 10.9 Å². The molecule has 2 rings (SSSR count). The molecule has 0 saturated heterocycles. The lowest BCUT2D eigenvalue weighted by molar-refractivity contribution is 0.0696. The number of nitrogens with zero attached hydrogens (tertiary/aromatic N) is 1. The maximum atomic E-state index is 11.0. The molecule has 0 radical (unpaired) electrons. The maximum Gasteiger partial charge on any atom is 0.337 e. The number of aromatic carboxylic acids is 1. The van der Waals surface area contributed by atoms with E-state index in [0.717, 1.165) is 4.90 Å². The molecular weight excluding hydrogens is 294 g/mol. The molecule has 1 aromatic carbocycles. The first kappa shape index (κ1) is 14.9. The molecule has 0 amide bonds. The molecule has 0 aliphatic carbocycles. The Kier molecular flexibility index (Phi) is 4.68. The summed E-state index contributed by atoms with van der Waals surface area (Å²) in [5.41, 5.74) is 1.34. The van der Waals surface area contributed by atoms with Crippen molar-refractivity contribution in [2.45, 2.75) is 29.7 Å². The Hall–Kier alpha value is -1.52. The number of hydrogen-bond donors (Lipinski definition) is 1. The summed E-state index contributed by atoms with van der Waals surface area (Å²) < 4.78 is 0. The summed E-state index contributed by atoms with van der Waals surface area (Å²) in [6.45, 7) is 4.28. The van der Waals surface area contributed by atoms with Crippen molar-refractivity contribution in [3.63, 3.8) is 0 Å². The van der Waals surface area contributed by atoms with E-state index >= 15 is 0 Å². The van der Waals surface area contributed by atoms with Crippen LogP contribution in [0.3, 0.4) is 0 Å². The van der Waals surface area contributed by atoms with Crippen LogP contribution in [0.4, 0.5) is 0 Å². The van der Waals surface area contributed by atoms with Gasteiger partial charge in [-0.1, -0.05) is 49.3 Å². The summed E-state index contributed by atoms with van der Waals surface area (Å²) in [5.74, 6) is -0.560. The summed E-state index contributed by atoms with van der Waals surface area (Å²) in [4.78, 5) is 16.2. The van der Waals surface area contributed by atoms with Gasteiger partial charge in [-0.25, -0.2) is 9.78 Å². The number of carboxylic acids is 1. The van der Waals surface area contributed by atoms with Gasteiger partial charge in [-0.2, -0.15) is 0 Å². The number of aromatic nitrogens is 1. The van der Waals surface area contributed by atoms with Crippen LogP contribution in [0.1, 0.15) is 35.7 Å². The molecule has 0 aliphatic rings. The van der Waals surface area contributed by atoms with Gasteiger partial charge < -0.3 is 5.11 Å². The fourth-order valence-corrected chi connectivity index (χ4v) is 2.66. The molecule has 0 saturated carbocycles. The lowest BCUT2D eigenvalue weighted by Crippen LogP contribution is -1.98. The fourth-order valence-electron chi connectivity index (χ4n) is 1.68. The lowest BCUT2D eigenvalue weighted by Gasteiger charge is -2.07. The molecule has 0 fully saturated rings. The molecule has 2 aromatic rings. The van der Waals surface area contributed by atoms with E-state index in [1.54, 1.807) is 0 Å². The van der Waals surface area contributed by atoms with Crippen molar-refractivity contribution >= 4 is 29.3 Å². The first-order valence-electron chi connectivity index (χ1n) is 6.14. The van der Waals surface area contributed by atoms with E-state index < -0.39 is 5.97 Å². The van der Waals surface area contributed by atoms with Crippen molar-refractivity contribution in [3.05, 3.63) is 52.7 Å². The molecule has 104 valence electrons. The topological polar surface area (TPSA) is 50.2 Å². The van der Waals surface area contributed by atoms with E-state index in [-0.39, 0.29) is 10.6 Å². The molecular formula is C15H14ClNO2S. The van der Waals surface area contributed by atoms with Gasteiger partial charge in [-0.15, -0.1) is 0 Å². The van der Waals surface area contributed by atoms with Gasteiger partial charge in [0.15, 0.2) is 0 Å². The molecule has 3 nitrogen and oxygen atoms in total. The van der Waals surface area contributed by atoms with Crippen molar-refractivity contribution < 1.29 is 9.90 Å². The summed E-state index contributed by atoms with van der Waals surface area (Å²) in [5, 5.41) is 9.80. The Morgan fingerprint density at radius 2 is 1.95 bits per heavy atom. The predicted octanol–water partition coefficient (Wildman–Crippen LogP) is 4.71. The minimum atomic E-state index is -1.05. The third-order valence-corrected chi connectivity index (χ3v) is 4.07. The smallest absolute Gasteiger partial charge is 0.337 e. The SMILES string of the molecule is CC(C)c1ccc(Sc2cc(C(=O)O)c(Cl)cn2)cc1. The Balaban J connectivity index is 2.21. The Bertz CT molecular complexity index is 626. The average molecular weight is 308 g/mol. The summed E-state index contributed by atoms with van der Waals surface area (Å²) in [6.07, 6.45) is 1.37. The van der Waals surface area contributed by atoms with Gasteiger partial charge in [0.1, 0.15) is 5.03 Å². The highest BCUT2D eigenvalue weighted by Crippen LogP contribution is 2.29. The molecule has 20 heavy (non-hydrogen) atoms. The number of rotatable bonds is 4. The minimum absolute atomic E-state index is 0.0722. The number of carbonyl (C=O) groups is 1. The second kappa shape index (κ2) is 6.29. The van der Waals surface area contributed by atoms with E-state index in [1.807, 2.05) is 12.1 Å². The van der Waals surface area contributed by atoms with Gasteiger partial charge in [0.25, 0.3) is 0 Å². The monoisotopic (exact) mass is 307 g/mol. The van der Waals surface area contributed by atoms with Gasteiger partial charge in [0, 0.05) is 11.1 Å². The largest absolute Gasteiger partial charge is 0.478 e.